The molecule has 0 spiro atoms. The van der Waals surface area contributed by atoms with E-state index in [1.54, 1.807) is 60.7 Å². The minimum atomic E-state index is -0.400. The number of carbonyl (C=O) groups is 3. The summed E-state index contributed by atoms with van der Waals surface area (Å²) in [6.07, 6.45) is 0. The standard InChI is InChI=1S/C21H12BrClN2O3/c22-13-7-5-12(6-8-13)19(26)24-18-10-9-14(11-17(18)23)25-20(27)15-3-1-2-4-16(15)21(25)28/h1-11H,(H,24,26). The smallest absolute Gasteiger partial charge is 0.266 e. The quantitative estimate of drug-likeness (QED) is 0.555. The van der Waals surface area contributed by atoms with Crippen LogP contribution in [-0.2, 0) is 0 Å². The van der Waals surface area contributed by atoms with Crippen LogP contribution in [0.3, 0.4) is 0 Å². The van der Waals surface area contributed by atoms with Gasteiger partial charge in [0.1, 0.15) is 0 Å². The Morgan fingerprint density at radius 1 is 0.893 bits per heavy atom. The Morgan fingerprint density at radius 2 is 1.50 bits per heavy atom. The van der Waals surface area contributed by atoms with Crippen LogP contribution in [0, 0.1) is 0 Å². The summed E-state index contributed by atoms with van der Waals surface area (Å²) < 4.78 is 0.868. The summed E-state index contributed by atoms with van der Waals surface area (Å²) in [6, 6.07) is 18.2. The minimum Gasteiger partial charge on any atom is -0.321 e. The second-order valence-electron chi connectivity index (χ2n) is 6.12. The van der Waals surface area contributed by atoms with Gasteiger partial charge in [-0.05, 0) is 54.6 Å². The molecule has 1 aliphatic heterocycles. The third-order valence-corrected chi connectivity index (χ3v) is 5.20. The predicted octanol–water partition coefficient (Wildman–Crippen LogP) is 5.16. The van der Waals surface area contributed by atoms with Crippen molar-refractivity contribution in [3.8, 4) is 0 Å². The number of benzene rings is 3. The van der Waals surface area contributed by atoms with Gasteiger partial charge in [0.05, 0.1) is 27.5 Å². The fourth-order valence-electron chi connectivity index (χ4n) is 2.96. The van der Waals surface area contributed by atoms with E-state index in [9.17, 15) is 14.4 Å². The Labute approximate surface area is 174 Å². The normalized spacial score (nSPS) is 12.9. The van der Waals surface area contributed by atoms with Crippen LogP contribution in [0.5, 0.6) is 0 Å². The summed E-state index contributed by atoms with van der Waals surface area (Å²) >= 11 is 9.62. The number of fused-ring (bicyclic) bond motifs is 1. The SMILES string of the molecule is O=C(Nc1ccc(N2C(=O)c3ccccc3C2=O)cc1Cl)c1ccc(Br)cc1. The number of anilines is 2. The molecule has 7 heteroatoms. The average molecular weight is 456 g/mol. The number of carbonyl (C=O) groups excluding carboxylic acids is 3. The van der Waals surface area contributed by atoms with E-state index in [0.717, 1.165) is 9.37 Å². The highest BCUT2D eigenvalue weighted by atomic mass is 79.9. The van der Waals surface area contributed by atoms with Gasteiger partial charge in [-0.3, -0.25) is 14.4 Å². The second-order valence-corrected chi connectivity index (χ2v) is 7.44. The van der Waals surface area contributed by atoms with Crippen molar-refractivity contribution in [1.82, 2.24) is 0 Å². The van der Waals surface area contributed by atoms with Gasteiger partial charge >= 0.3 is 0 Å². The molecule has 5 nitrogen and oxygen atoms in total. The van der Waals surface area contributed by atoms with Crippen molar-refractivity contribution in [3.63, 3.8) is 0 Å². The van der Waals surface area contributed by atoms with Crippen LogP contribution in [0.25, 0.3) is 0 Å². The van der Waals surface area contributed by atoms with Crippen LogP contribution >= 0.6 is 27.5 Å². The maximum atomic E-state index is 12.6. The molecular formula is C21H12BrClN2O3. The zero-order valence-electron chi connectivity index (χ0n) is 14.3. The number of rotatable bonds is 3. The van der Waals surface area contributed by atoms with E-state index in [0.29, 0.717) is 28.1 Å². The molecule has 0 unspecified atom stereocenters. The van der Waals surface area contributed by atoms with Crippen molar-refractivity contribution in [3.05, 3.63) is 92.9 Å². The number of nitrogens with zero attached hydrogens (tertiary/aromatic N) is 1. The third kappa shape index (κ3) is 3.21. The first-order chi connectivity index (χ1) is 13.5. The van der Waals surface area contributed by atoms with Crippen molar-refractivity contribution in [2.24, 2.45) is 0 Å². The summed E-state index contributed by atoms with van der Waals surface area (Å²) in [5, 5.41) is 2.95. The van der Waals surface area contributed by atoms with Crippen LogP contribution in [0.2, 0.25) is 5.02 Å². The van der Waals surface area contributed by atoms with Crippen LogP contribution in [0.15, 0.2) is 71.2 Å². The number of amides is 3. The summed E-state index contributed by atoms with van der Waals surface area (Å²) in [5.74, 6) is -1.12. The molecule has 1 aliphatic rings. The average Bonchev–Trinajstić information content (AvgIpc) is 2.95. The van der Waals surface area contributed by atoms with E-state index in [-0.39, 0.29) is 10.9 Å². The fourth-order valence-corrected chi connectivity index (χ4v) is 3.45. The summed E-state index contributed by atoms with van der Waals surface area (Å²) in [6.45, 7) is 0. The highest BCUT2D eigenvalue weighted by Gasteiger charge is 2.36. The first-order valence-electron chi connectivity index (χ1n) is 8.30. The Hall–Kier alpha value is -2.96. The topological polar surface area (TPSA) is 66.5 Å². The van der Waals surface area contributed by atoms with Crippen molar-refractivity contribution < 1.29 is 14.4 Å². The van der Waals surface area contributed by atoms with Gasteiger partial charge in [0.2, 0.25) is 0 Å². The van der Waals surface area contributed by atoms with Crippen LogP contribution in [0.1, 0.15) is 31.1 Å². The molecule has 1 heterocycles. The fraction of sp³-hybridized carbons (Fsp3) is 0. The monoisotopic (exact) mass is 454 g/mol. The van der Waals surface area contributed by atoms with Gasteiger partial charge in [0, 0.05) is 10.0 Å². The van der Waals surface area contributed by atoms with Crippen molar-refractivity contribution in [1.29, 1.82) is 0 Å². The molecule has 4 rings (SSSR count). The highest BCUT2D eigenvalue weighted by molar-refractivity contribution is 9.10. The maximum Gasteiger partial charge on any atom is 0.266 e. The Morgan fingerprint density at radius 3 is 2.07 bits per heavy atom. The van der Waals surface area contributed by atoms with E-state index in [4.69, 9.17) is 11.6 Å². The lowest BCUT2D eigenvalue weighted by Gasteiger charge is -2.16. The summed E-state index contributed by atoms with van der Waals surface area (Å²) in [5.41, 5.74) is 1.92. The Balaban J connectivity index is 1.59. The molecule has 3 aromatic carbocycles. The van der Waals surface area contributed by atoms with Gasteiger partial charge < -0.3 is 5.32 Å². The minimum absolute atomic E-state index is 0.222. The van der Waals surface area contributed by atoms with Crippen LogP contribution < -0.4 is 10.2 Å². The molecule has 1 N–H and O–H groups in total. The van der Waals surface area contributed by atoms with E-state index >= 15 is 0 Å². The molecule has 0 saturated carbocycles. The molecule has 0 radical (unpaired) electrons. The Kier molecular flexibility index (Phi) is 4.75. The molecule has 0 saturated heterocycles. The molecule has 3 aromatic rings. The molecule has 3 amide bonds. The molecule has 0 fully saturated rings. The van der Waals surface area contributed by atoms with Gasteiger partial charge in [-0.1, -0.05) is 39.7 Å². The van der Waals surface area contributed by atoms with Gasteiger partial charge in [-0.15, -0.1) is 0 Å². The Bertz CT molecular complexity index is 1090. The van der Waals surface area contributed by atoms with Crippen molar-refractivity contribution >= 4 is 56.6 Å². The highest BCUT2D eigenvalue weighted by Crippen LogP contribution is 2.33. The number of hydrogen-bond acceptors (Lipinski definition) is 3. The zero-order chi connectivity index (χ0) is 19.8. The summed E-state index contributed by atoms with van der Waals surface area (Å²) in [4.78, 5) is 38.6. The van der Waals surface area contributed by atoms with Gasteiger partial charge in [-0.2, -0.15) is 0 Å². The predicted molar refractivity (Wildman–Crippen MR) is 111 cm³/mol. The van der Waals surface area contributed by atoms with Crippen molar-refractivity contribution in [2.45, 2.75) is 0 Å². The van der Waals surface area contributed by atoms with Crippen molar-refractivity contribution in [2.75, 3.05) is 10.2 Å². The van der Waals surface area contributed by atoms with Gasteiger partial charge in [0.15, 0.2) is 0 Å². The first kappa shape index (κ1) is 18.4. The largest absolute Gasteiger partial charge is 0.321 e. The lowest BCUT2D eigenvalue weighted by Crippen LogP contribution is -2.29. The zero-order valence-corrected chi connectivity index (χ0v) is 16.6. The molecule has 28 heavy (non-hydrogen) atoms. The van der Waals surface area contributed by atoms with E-state index in [2.05, 4.69) is 21.2 Å². The molecule has 0 aliphatic carbocycles. The first-order valence-corrected chi connectivity index (χ1v) is 9.47. The second kappa shape index (κ2) is 7.22. The lowest BCUT2D eigenvalue weighted by molar-refractivity contribution is 0.0924. The molecular weight excluding hydrogens is 444 g/mol. The number of hydrogen-bond donors (Lipinski definition) is 1. The van der Waals surface area contributed by atoms with Gasteiger partial charge in [0.25, 0.3) is 17.7 Å². The molecule has 138 valence electrons. The molecule has 0 atom stereocenters. The third-order valence-electron chi connectivity index (χ3n) is 4.36. The lowest BCUT2D eigenvalue weighted by atomic mass is 10.1. The molecule has 0 aromatic heterocycles. The number of imide groups is 1. The van der Waals surface area contributed by atoms with Crippen LogP contribution in [0.4, 0.5) is 11.4 Å². The summed E-state index contributed by atoms with van der Waals surface area (Å²) in [7, 11) is 0. The van der Waals surface area contributed by atoms with Gasteiger partial charge in [-0.25, -0.2) is 4.90 Å². The van der Waals surface area contributed by atoms with E-state index in [1.807, 2.05) is 0 Å². The van der Waals surface area contributed by atoms with E-state index < -0.39 is 11.8 Å². The molecule has 0 bridgehead atoms. The van der Waals surface area contributed by atoms with Crippen LogP contribution in [-0.4, -0.2) is 17.7 Å². The maximum absolute atomic E-state index is 12.6. The number of nitrogens with one attached hydrogen (secondary N) is 1. The van der Waals surface area contributed by atoms with E-state index in [1.165, 1.54) is 6.07 Å². The number of halogens is 2.